The van der Waals surface area contributed by atoms with Crippen LogP contribution in [0.25, 0.3) is 0 Å². The van der Waals surface area contributed by atoms with Crippen molar-refractivity contribution in [3.05, 3.63) is 64.0 Å². The fraction of sp³-hybridized carbons (Fsp3) is 0.400. The van der Waals surface area contributed by atoms with E-state index < -0.39 is 0 Å². The fourth-order valence-electron chi connectivity index (χ4n) is 4.92. The molecule has 0 spiro atoms. The second-order valence-corrected chi connectivity index (χ2v) is 9.82. The Labute approximate surface area is 203 Å². The van der Waals surface area contributed by atoms with Gasteiger partial charge in [-0.3, -0.25) is 14.6 Å². The minimum absolute atomic E-state index is 0.0277. The van der Waals surface area contributed by atoms with Crippen LogP contribution in [0.5, 0.6) is 0 Å². The van der Waals surface area contributed by atoms with Crippen molar-refractivity contribution in [2.75, 3.05) is 29.4 Å². The first-order valence-corrected chi connectivity index (χ1v) is 12.5. The van der Waals surface area contributed by atoms with Crippen LogP contribution in [0, 0.1) is 6.92 Å². The van der Waals surface area contributed by atoms with E-state index >= 15 is 0 Å². The van der Waals surface area contributed by atoms with Gasteiger partial charge >= 0.3 is 0 Å². The molecule has 3 aromatic heterocycles. The van der Waals surface area contributed by atoms with Gasteiger partial charge < -0.3 is 14.7 Å². The maximum atomic E-state index is 13.1. The van der Waals surface area contributed by atoms with Gasteiger partial charge in [0.05, 0.1) is 17.9 Å². The van der Waals surface area contributed by atoms with E-state index in [1.807, 2.05) is 28.9 Å². The molecule has 5 rings (SSSR count). The summed E-state index contributed by atoms with van der Waals surface area (Å²) in [5, 5.41) is 2.09. The molecule has 2 amide bonds. The zero-order chi connectivity index (χ0) is 23.7. The molecule has 3 aromatic rings. The summed E-state index contributed by atoms with van der Waals surface area (Å²) in [6, 6.07) is 7.89. The van der Waals surface area contributed by atoms with Gasteiger partial charge in [-0.2, -0.15) is 0 Å². The molecule has 0 bridgehead atoms. The van der Waals surface area contributed by atoms with Gasteiger partial charge in [0.1, 0.15) is 17.8 Å². The van der Waals surface area contributed by atoms with Crippen LogP contribution in [0.1, 0.15) is 46.4 Å². The van der Waals surface area contributed by atoms with E-state index in [1.165, 1.54) is 16.8 Å². The largest absolute Gasteiger partial charge is 0.356 e. The Morgan fingerprint density at radius 2 is 1.94 bits per heavy atom. The Bertz CT molecular complexity index is 1200. The number of nitrogens with zero attached hydrogens (tertiary/aromatic N) is 6. The number of rotatable bonds is 4. The quantitative estimate of drug-likeness (QED) is 0.574. The zero-order valence-corrected chi connectivity index (χ0v) is 20.3. The summed E-state index contributed by atoms with van der Waals surface area (Å²) in [5.74, 6) is 0.741. The van der Waals surface area contributed by atoms with Gasteiger partial charge in [-0.05, 0) is 55.3 Å². The van der Waals surface area contributed by atoms with E-state index in [1.54, 1.807) is 30.5 Å². The van der Waals surface area contributed by atoms with Crippen LogP contribution in [0.3, 0.4) is 0 Å². The second-order valence-electron chi connectivity index (χ2n) is 8.82. The van der Waals surface area contributed by atoms with Crippen LogP contribution in [0.2, 0.25) is 0 Å². The first-order valence-electron chi connectivity index (χ1n) is 11.6. The molecule has 0 aliphatic carbocycles. The lowest BCUT2D eigenvalue weighted by molar-refractivity contribution is -0.117. The molecule has 1 fully saturated rings. The number of carbonyl (C=O) groups is 2. The van der Waals surface area contributed by atoms with E-state index in [0.717, 1.165) is 49.6 Å². The lowest BCUT2D eigenvalue weighted by Gasteiger charge is -2.39. The number of piperidine rings is 1. The summed E-state index contributed by atoms with van der Waals surface area (Å²) in [7, 11) is 0. The van der Waals surface area contributed by atoms with Gasteiger partial charge in [0.2, 0.25) is 5.91 Å². The molecule has 2 aliphatic heterocycles. The van der Waals surface area contributed by atoms with Crippen molar-refractivity contribution >= 4 is 34.7 Å². The molecule has 0 unspecified atom stereocenters. The first-order chi connectivity index (χ1) is 16.5. The molecule has 0 atom stereocenters. The van der Waals surface area contributed by atoms with E-state index in [0.29, 0.717) is 18.8 Å². The van der Waals surface area contributed by atoms with Crippen molar-refractivity contribution in [3.63, 3.8) is 0 Å². The Balaban J connectivity index is 1.27. The van der Waals surface area contributed by atoms with Crippen molar-refractivity contribution < 1.29 is 9.59 Å². The van der Waals surface area contributed by atoms with Gasteiger partial charge in [0.15, 0.2) is 0 Å². The minimum atomic E-state index is -0.0487. The number of aromatic nitrogens is 3. The molecule has 0 saturated carbocycles. The average Bonchev–Trinajstić information content (AvgIpc) is 3.33. The predicted molar refractivity (Wildman–Crippen MR) is 132 cm³/mol. The minimum Gasteiger partial charge on any atom is -0.356 e. The Morgan fingerprint density at radius 3 is 2.71 bits per heavy atom. The van der Waals surface area contributed by atoms with E-state index in [9.17, 15) is 9.59 Å². The van der Waals surface area contributed by atoms with Crippen LogP contribution in [-0.4, -0.2) is 57.3 Å². The summed E-state index contributed by atoms with van der Waals surface area (Å²) in [6.45, 7) is 6.40. The number of hydrogen-bond donors (Lipinski definition) is 0. The molecular weight excluding hydrogens is 448 g/mol. The second kappa shape index (κ2) is 9.50. The molecule has 2 aliphatic rings. The third-order valence-corrected chi connectivity index (χ3v) is 7.66. The molecule has 0 aromatic carbocycles. The van der Waals surface area contributed by atoms with Crippen molar-refractivity contribution in [3.8, 4) is 0 Å². The van der Waals surface area contributed by atoms with Gasteiger partial charge in [-0.25, -0.2) is 9.97 Å². The highest BCUT2D eigenvalue weighted by atomic mass is 32.1. The van der Waals surface area contributed by atoms with Crippen molar-refractivity contribution in [2.45, 2.75) is 45.7 Å². The zero-order valence-electron chi connectivity index (χ0n) is 19.5. The number of anilines is 2. The third kappa shape index (κ3) is 4.40. The normalized spacial score (nSPS) is 16.3. The Hall–Kier alpha value is -3.33. The lowest BCUT2D eigenvalue weighted by Crippen LogP contribution is -2.47. The van der Waals surface area contributed by atoms with Gasteiger partial charge in [-0.1, -0.05) is 0 Å². The van der Waals surface area contributed by atoms with Crippen LogP contribution in [-0.2, 0) is 17.8 Å². The maximum absolute atomic E-state index is 13.1. The smallest absolute Gasteiger partial charge is 0.272 e. The van der Waals surface area contributed by atoms with Gasteiger partial charge in [0, 0.05) is 49.7 Å². The highest BCUT2D eigenvalue weighted by Crippen LogP contribution is 2.28. The highest BCUT2D eigenvalue weighted by molar-refractivity contribution is 7.10. The van der Waals surface area contributed by atoms with Crippen LogP contribution < -0.4 is 9.80 Å². The Kier molecular flexibility index (Phi) is 6.28. The van der Waals surface area contributed by atoms with Crippen molar-refractivity contribution in [1.82, 2.24) is 19.9 Å². The molecule has 34 heavy (non-hydrogen) atoms. The maximum Gasteiger partial charge on any atom is 0.272 e. The summed E-state index contributed by atoms with van der Waals surface area (Å²) >= 11 is 1.70. The molecule has 176 valence electrons. The summed E-state index contributed by atoms with van der Waals surface area (Å²) in [6.07, 6.45) is 5.75. The van der Waals surface area contributed by atoms with Crippen molar-refractivity contribution in [2.24, 2.45) is 0 Å². The average molecular weight is 477 g/mol. The molecule has 1 saturated heterocycles. The van der Waals surface area contributed by atoms with Crippen LogP contribution in [0.15, 0.2) is 42.2 Å². The molecule has 5 heterocycles. The lowest BCUT2D eigenvalue weighted by atomic mass is 10.0. The van der Waals surface area contributed by atoms with E-state index in [-0.39, 0.29) is 17.9 Å². The van der Waals surface area contributed by atoms with Crippen molar-refractivity contribution in [1.29, 1.82) is 0 Å². The number of thiophene rings is 1. The van der Waals surface area contributed by atoms with E-state index in [4.69, 9.17) is 0 Å². The predicted octanol–water partition coefficient (Wildman–Crippen LogP) is 3.46. The number of amides is 2. The number of hydrogen-bond acceptors (Lipinski definition) is 7. The molecule has 9 heteroatoms. The van der Waals surface area contributed by atoms with Crippen LogP contribution in [0.4, 0.5) is 11.5 Å². The number of fused-ring (bicyclic) bond motifs is 1. The number of pyridine rings is 1. The van der Waals surface area contributed by atoms with Gasteiger partial charge in [-0.15, -0.1) is 11.3 Å². The topological polar surface area (TPSA) is 82.5 Å². The summed E-state index contributed by atoms with van der Waals surface area (Å²) in [4.78, 5) is 45.9. The number of carbonyl (C=O) groups excluding carboxylic acids is 2. The molecule has 0 radical (unpaired) electrons. The standard InChI is InChI=1S/C25H28N6O2S/c1-17-22(4-3-9-26-17)31(18(2)32)20-6-11-29(12-7-20)24-14-21(27-16-28-24)25(33)30-10-5-19-8-13-34-23(19)15-30/h3-4,8-9,13-14,16,20H,5-7,10-12,15H2,1-2H3. The van der Waals surface area contributed by atoms with Gasteiger partial charge in [0.25, 0.3) is 5.91 Å². The SMILES string of the molecule is CC(=O)N(c1cccnc1C)C1CCN(c2cc(C(=O)N3CCc4ccsc4C3)ncn2)CC1. The van der Waals surface area contributed by atoms with E-state index in [2.05, 4.69) is 31.3 Å². The third-order valence-electron chi connectivity index (χ3n) is 6.71. The number of aryl methyl sites for hydroxylation is 1. The molecular formula is C25H28N6O2S. The monoisotopic (exact) mass is 476 g/mol. The first kappa shape index (κ1) is 22.5. The summed E-state index contributed by atoms with van der Waals surface area (Å²) < 4.78 is 0. The molecule has 8 nitrogen and oxygen atoms in total. The summed E-state index contributed by atoms with van der Waals surface area (Å²) in [5.41, 5.74) is 3.51. The Morgan fingerprint density at radius 1 is 1.12 bits per heavy atom. The molecule has 0 N–H and O–H groups in total. The fourth-order valence-corrected chi connectivity index (χ4v) is 5.86. The highest BCUT2D eigenvalue weighted by Gasteiger charge is 2.30. The van der Waals surface area contributed by atoms with Crippen LogP contribution >= 0.6 is 11.3 Å².